The van der Waals surface area contributed by atoms with Crippen LogP contribution in [0.1, 0.15) is 13.8 Å². The van der Waals surface area contributed by atoms with Gasteiger partial charge < -0.3 is 15.5 Å². The van der Waals surface area contributed by atoms with Crippen LogP contribution in [-0.2, 0) is 9.59 Å². The van der Waals surface area contributed by atoms with Crippen LogP contribution in [0.4, 0.5) is 5.69 Å². The van der Waals surface area contributed by atoms with Crippen molar-refractivity contribution in [1.29, 1.82) is 0 Å². The van der Waals surface area contributed by atoms with E-state index in [-0.39, 0.29) is 11.7 Å². The number of nitrogens with one attached hydrogen (secondary N) is 1. The largest absolute Gasteiger partial charge is 0.506 e. The first-order valence-electron chi connectivity index (χ1n) is 5.67. The molecule has 0 aromatic heterocycles. The van der Waals surface area contributed by atoms with Crippen molar-refractivity contribution in [1.82, 2.24) is 0 Å². The van der Waals surface area contributed by atoms with Gasteiger partial charge in [0.2, 0.25) is 5.91 Å². The highest BCUT2D eigenvalue weighted by Crippen LogP contribution is 2.58. The summed E-state index contributed by atoms with van der Waals surface area (Å²) in [7, 11) is 0. The smallest absolute Gasteiger partial charge is 0.307 e. The zero-order chi connectivity index (χ0) is 13.5. The summed E-state index contributed by atoms with van der Waals surface area (Å²) in [5.41, 5.74) is -0.241. The van der Waals surface area contributed by atoms with E-state index >= 15 is 0 Å². The number of aliphatic carboxylic acids is 1. The molecule has 3 N–H and O–H groups in total. The van der Waals surface area contributed by atoms with Crippen molar-refractivity contribution in [2.24, 2.45) is 17.3 Å². The van der Waals surface area contributed by atoms with Crippen LogP contribution in [0.3, 0.4) is 0 Å². The Balaban J connectivity index is 2.11. The fourth-order valence-electron chi connectivity index (χ4n) is 2.38. The molecule has 0 aliphatic heterocycles. The fourth-order valence-corrected chi connectivity index (χ4v) is 2.38. The van der Waals surface area contributed by atoms with Crippen molar-refractivity contribution in [2.75, 3.05) is 5.32 Å². The highest BCUT2D eigenvalue weighted by molar-refractivity contribution is 6.00. The lowest BCUT2D eigenvalue weighted by Gasteiger charge is -2.07. The number of para-hydroxylation sites is 2. The summed E-state index contributed by atoms with van der Waals surface area (Å²) in [6, 6.07) is 6.36. The second kappa shape index (κ2) is 4.01. The van der Waals surface area contributed by atoms with Crippen molar-refractivity contribution in [2.45, 2.75) is 13.8 Å². The third-order valence-corrected chi connectivity index (χ3v) is 3.54. The van der Waals surface area contributed by atoms with Crippen molar-refractivity contribution >= 4 is 17.6 Å². The summed E-state index contributed by atoms with van der Waals surface area (Å²) < 4.78 is 0. The van der Waals surface area contributed by atoms with Crippen LogP contribution in [-0.4, -0.2) is 22.1 Å². The zero-order valence-corrected chi connectivity index (χ0v) is 10.2. The monoisotopic (exact) mass is 249 g/mol. The third-order valence-electron chi connectivity index (χ3n) is 3.54. The summed E-state index contributed by atoms with van der Waals surface area (Å²) in [6.07, 6.45) is 0. The van der Waals surface area contributed by atoms with E-state index in [0.29, 0.717) is 5.69 Å². The van der Waals surface area contributed by atoms with Gasteiger partial charge >= 0.3 is 5.97 Å². The number of hydrogen-bond acceptors (Lipinski definition) is 3. The number of rotatable bonds is 3. The predicted octanol–water partition coefficient (Wildman–Crippen LogP) is 1.69. The molecular weight excluding hydrogens is 234 g/mol. The van der Waals surface area contributed by atoms with E-state index in [1.807, 2.05) is 0 Å². The fraction of sp³-hybridized carbons (Fsp3) is 0.385. The van der Waals surface area contributed by atoms with Crippen LogP contribution in [0.5, 0.6) is 5.75 Å². The number of benzene rings is 1. The lowest BCUT2D eigenvalue weighted by Crippen LogP contribution is -2.17. The minimum absolute atomic E-state index is 0.0313. The Bertz CT molecular complexity index is 509. The first-order valence-corrected chi connectivity index (χ1v) is 5.67. The maximum atomic E-state index is 12.0. The number of amides is 1. The molecule has 5 nitrogen and oxygen atoms in total. The normalized spacial score (nSPS) is 24.3. The number of anilines is 1. The van der Waals surface area contributed by atoms with Gasteiger partial charge in [-0.05, 0) is 17.5 Å². The molecular formula is C13H15NO4. The van der Waals surface area contributed by atoms with Gasteiger partial charge in [-0.25, -0.2) is 0 Å². The van der Waals surface area contributed by atoms with E-state index in [1.54, 1.807) is 32.0 Å². The molecule has 0 unspecified atom stereocenters. The average molecular weight is 249 g/mol. The highest BCUT2D eigenvalue weighted by Gasteiger charge is 2.65. The Morgan fingerprint density at radius 1 is 1.22 bits per heavy atom. The average Bonchev–Trinajstić information content (AvgIpc) is 2.85. The Morgan fingerprint density at radius 3 is 2.33 bits per heavy atom. The molecule has 18 heavy (non-hydrogen) atoms. The SMILES string of the molecule is CC1(C)[C@H](C(=O)O)[C@@H]1C(=O)Nc1ccccc1O. The molecule has 2 atom stereocenters. The molecule has 96 valence electrons. The Labute approximate surface area is 104 Å². The third kappa shape index (κ3) is 1.92. The standard InChI is InChI=1S/C13H15NO4/c1-13(2)9(10(13)12(17)18)11(16)14-7-5-3-4-6-8(7)15/h3-6,9-10,15H,1-2H3,(H,14,16)(H,17,18)/t9-,10+/m1/s1. The van der Waals surface area contributed by atoms with Crippen LogP contribution in [0.2, 0.25) is 0 Å². The second-order valence-corrected chi connectivity index (χ2v) is 5.12. The predicted molar refractivity (Wildman–Crippen MR) is 65.1 cm³/mol. The van der Waals surface area contributed by atoms with Crippen molar-refractivity contribution in [3.05, 3.63) is 24.3 Å². The molecule has 1 aliphatic carbocycles. The Kier molecular flexibility index (Phi) is 2.77. The van der Waals surface area contributed by atoms with Gasteiger partial charge in [-0.3, -0.25) is 9.59 Å². The van der Waals surface area contributed by atoms with Crippen molar-refractivity contribution < 1.29 is 19.8 Å². The van der Waals surface area contributed by atoms with Crippen LogP contribution in [0.25, 0.3) is 0 Å². The summed E-state index contributed by atoms with van der Waals surface area (Å²) in [4.78, 5) is 23.0. The van der Waals surface area contributed by atoms with Crippen molar-refractivity contribution in [3.63, 3.8) is 0 Å². The minimum atomic E-state index is -0.961. The maximum Gasteiger partial charge on any atom is 0.307 e. The molecule has 1 aromatic carbocycles. The highest BCUT2D eigenvalue weighted by atomic mass is 16.4. The number of aromatic hydroxyl groups is 1. The van der Waals surface area contributed by atoms with Gasteiger partial charge in [0.1, 0.15) is 5.75 Å². The molecule has 0 radical (unpaired) electrons. The van der Waals surface area contributed by atoms with Gasteiger partial charge in [-0.15, -0.1) is 0 Å². The van der Waals surface area contributed by atoms with Gasteiger partial charge in [0, 0.05) is 0 Å². The van der Waals surface area contributed by atoms with Gasteiger partial charge in [0.25, 0.3) is 0 Å². The molecule has 0 spiro atoms. The molecule has 1 saturated carbocycles. The molecule has 0 saturated heterocycles. The molecule has 0 bridgehead atoms. The van der Waals surface area contributed by atoms with Gasteiger partial charge in [0.15, 0.2) is 0 Å². The van der Waals surface area contributed by atoms with Crippen LogP contribution >= 0.6 is 0 Å². The van der Waals surface area contributed by atoms with E-state index in [9.17, 15) is 14.7 Å². The minimum Gasteiger partial charge on any atom is -0.506 e. The van der Waals surface area contributed by atoms with Crippen molar-refractivity contribution in [3.8, 4) is 5.75 Å². The van der Waals surface area contributed by atoms with Crippen LogP contribution in [0, 0.1) is 17.3 Å². The lowest BCUT2D eigenvalue weighted by atomic mass is 10.1. The van der Waals surface area contributed by atoms with Gasteiger partial charge in [-0.1, -0.05) is 26.0 Å². The number of carboxylic acids is 1. The number of phenolic OH excluding ortho intramolecular Hbond substituents is 1. The van der Waals surface area contributed by atoms with E-state index in [2.05, 4.69) is 5.32 Å². The molecule has 1 aromatic rings. The number of carboxylic acid groups (broad SMARTS) is 1. The van der Waals surface area contributed by atoms with E-state index in [4.69, 9.17) is 5.11 Å². The molecule has 1 fully saturated rings. The number of phenols is 1. The summed E-state index contributed by atoms with van der Waals surface area (Å²) in [5.74, 6) is -2.58. The van der Waals surface area contributed by atoms with Crippen LogP contribution < -0.4 is 5.32 Å². The number of carbonyl (C=O) groups excluding carboxylic acids is 1. The molecule has 2 rings (SSSR count). The van der Waals surface area contributed by atoms with E-state index in [0.717, 1.165) is 0 Å². The van der Waals surface area contributed by atoms with Gasteiger partial charge in [-0.2, -0.15) is 0 Å². The van der Waals surface area contributed by atoms with Crippen LogP contribution in [0.15, 0.2) is 24.3 Å². The summed E-state index contributed by atoms with van der Waals surface area (Å²) in [5, 5.41) is 21.1. The van der Waals surface area contributed by atoms with E-state index < -0.39 is 23.2 Å². The number of hydrogen-bond donors (Lipinski definition) is 3. The summed E-state index contributed by atoms with van der Waals surface area (Å²) in [6.45, 7) is 3.50. The van der Waals surface area contributed by atoms with E-state index in [1.165, 1.54) is 6.07 Å². The first kappa shape index (κ1) is 12.4. The molecule has 5 heteroatoms. The zero-order valence-electron chi connectivity index (χ0n) is 10.2. The topological polar surface area (TPSA) is 86.6 Å². The lowest BCUT2D eigenvalue weighted by molar-refractivity contribution is -0.140. The molecule has 1 amide bonds. The Hall–Kier alpha value is -2.04. The Morgan fingerprint density at radius 2 is 1.83 bits per heavy atom. The maximum absolute atomic E-state index is 12.0. The molecule has 1 aliphatic rings. The second-order valence-electron chi connectivity index (χ2n) is 5.12. The number of carbonyl (C=O) groups is 2. The quantitative estimate of drug-likeness (QED) is 0.711. The molecule has 0 heterocycles. The summed E-state index contributed by atoms with van der Waals surface area (Å²) >= 11 is 0. The van der Waals surface area contributed by atoms with Gasteiger partial charge in [0.05, 0.1) is 17.5 Å². The first-order chi connectivity index (χ1) is 8.35.